The van der Waals surface area contributed by atoms with Crippen LogP contribution in [0.15, 0.2) is 63.6 Å². The second-order valence-electron chi connectivity index (χ2n) is 5.29. The molecular weight excluding hydrogens is 354 g/mol. The van der Waals surface area contributed by atoms with Crippen molar-refractivity contribution in [3.8, 4) is 11.3 Å². The van der Waals surface area contributed by atoms with Crippen LogP contribution in [0.1, 0.15) is 10.8 Å². The molecule has 25 heavy (non-hydrogen) atoms. The van der Waals surface area contributed by atoms with E-state index >= 15 is 0 Å². The first-order valence-electron chi connectivity index (χ1n) is 7.80. The van der Waals surface area contributed by atoms with Gasteiger partial charge in [0.25, 0.3) is 0 Å². The van der Waals surface area contributed by atoms with E-state index in [9.17, 15) is 0 Å². The molecule has 3 aromatic heterocycles. The van der Waals surface area contributed by atoms with Gasteiger partial charge >= 0.3 is 0 Å². The minimum atomic E-state index is 0.589. The first-order chi connectivity index (χ1) is 12.4. The summed E-state index contributed by atoms with van der Waals surface area (Å²) in [6, 6.07) is 14.1. The lowest BCUT2D eigenvalue weighted by Gasteiger charge is -2.02. The fraction of sp³-hybridized carbons (Fsp3) is 0.176. The van der Waals surface area contributed by atoms with Gasteiger partial charge in [-0.25, -0.2) is 9.67 Å². The minimum Gasteiger partial charge on any atom is -0.440 e. The Morgan fingerprint density at radius 3 is 2.88 bits per heavy atom. The van der Waals surface area contributed by atoms with Crippen molar-refractivity contribution in [2.75, 3.05) is 0 Å². The lowest BCUT2D eigenvalue weighted by molar-refractivity contribution is 0.527. The van der Waals surface area contributed by atoms with Gasteiger partial charge in [0.05, 0.1) is 18.5 Å². The lowest BCUT2D eigenvalue weighted by Crippen LogP contribution is -2.04. The third kappa shape index (κ3) is 3.97. The normalized spacial score (nSPS) is 11.0. The number of hydrogen-bond acceptors (Lipinski definition) is 7. The Morgan fingerprint density at radius 1 is 1.12 bits per heavy atom. The maximum atomic E-state index is 5.82. The van der Waals surface area contributed by atoms with Gasteiger partial charge in [-0.3, -0.25) is 0 Å². The topological polar surface area (TPSA) is 69.6 Å². The monoisotopic (exact) mass is 369 g/mol. The fourth-order valence-corrected chi connectivity index (χ4v) is 3.81. The van der Waals surface area contributed by atoms with E-state index in [1.54, 1.807) is 17.5 Å². The van der Waals surface area contributed by atoms with E-state index in [-0.39, 0.29) is 0 Å². The van der Waals surface area contributed by atoms with E-state index in [0.29, 0.717) is 11.6 Å². The SMILES string of the molecule is c1ccc(-c2cnc(CSc3nnnn3CCc3cccs3)o2)cc1. The highest BCUT2D eigenvalue weighted by Crippen LogP contribution is 2.24. The van der Waals surface area contributed by atoms with Crippen LogP contribution in [-0.2, 0) is 18.7 Å². The van der Waals surface area contributed by atoms with E-state index in [1.807, 2.05) is 35.0 Å². The molecule has 0 aliphatic heterocycles. The Hall–Kier alpha value is -2.45. The Kier molecular flexibility index (Phi) is 4.89. The average molecular weight is 369 g/mol. The lowest BCUT2D eigenvalue weighted by atomic mass is 10.2. The predicted molar refractivity (Wildman–Crippen MR) is 97.3 cm³/mol. The van der Waals surface area contributed by atoms with Gasteiger partial charge < -0.3 is 4.42 Å². The van der Waals surface area contributed by atoms with Crippen LogP contribution in [0, 0.1) is 0 Å². The molecule has 0 atom stereocenters. The van der Waals surface area contributed by atoms with Crippen molar-refractivity contribution in [3.63, 3.8) is 0 Å². The molecule has 0 aliphatic carbocycles. The smallest absolute Gasteiger partial charge is 0.209 e. The summed E-state index contributed by atoms with van der Waals surface area (Å²) in [6.45, 7) is 0.761. The van der Waals surface area contributed by atoms with E-state index in [2.05, 4.69) is 38.0 Å². The van der Waals surface area contributed by atoms with Crippen molar-refractivity contribution < 1.29 is 4.42 Å². The van der Waals surface area contributed by atoms with Crippen molar-refractivity contribution in [1.29, 1.82) is 0 Å². The summed E-state index contributed by atoms with van der Waals surface area (Å²) in [5.74, 6) is 2.02. The molecule has 1 aromatic carbocycles. The number of nitrogens with zero attached hydrogens (tertiary/aromatic N) is 5. The van der Waals surface area contributed by atoms with Gasteiger partial charge in [0, 0.05) is 16.9 Å². The maximum absolute atomic E-state index is 5.82. The zero-order valence-corrected chi connectivity index (χ0v) is 14.9. The highest BCUT2D eigenvalue weighted by Gasteiger charge is 2.11. The van der Waals surface area contributed by atoms with Crippen LogP contribution in [0.2, 0.25) is 0 Å². The molecule has 0 radical (unpaired) electrons. The van der Waals surface area contributed by atoms with Gasteiger partial charge in [-0.2, -0.15) is 0 Å². The van der Waals surface area contributed by atoms with E-state index in [0.717, 1.165) is 29.4 Å². The van der Waals surface area contributed by atoms with Crippen molar-refractivity contribution >= 4 is 23.1 Å². The van der Waals surface area contributed by atoms with E-state index in [4.69, 9.17) is 4.42 Å². The van der Waals surface area contributed by atoms with Crippen LogP contribution in [0.3, 0.4) is 0 Å². The van der Waals surface area contributed by atoms with Crippen LogP contribution in [0.4, 0.5) is 0 Å². The number of benzene rings is 1. The quantitative estimate of drug-likeness (QED) is 0.460. The zero-order chi connectivity index (χ0) is 16.9. The molecule has 8 heteroatoms. The Balaban J connectivity index is 1.37. The largest absolute Gasteiger partial charge is 0.440 e. The Bertz CT molecular complexity index is 918. The molecule has 4 aromatic rings. The molecule has 0 saturated heterocycles. The predicted octanol–water partition coefficient (Wildman–Crippen LogP) is 3.92. The van der Waals surface area contributed by atoms with Gasteiger partial charge in [0.1, 0.15) is 0 Å². The number of hydrogen-bond donors (Lipinski definition) is 0. The minimum absolute atomic E-state index is 0.589. The van der Waals surface area contributed by atoms with E-state index < -0.39 is 0 Å². The fourth-order valence-electron chi connectivity index (χ4n) is 2.35. The van der Waals surface area contributed by atoms with Crippen LogP contribution < -0.4 is 0 Å². The van der Waals surface area contributed by atoms with Crippen molar-refractivity contribution in [2.45, 2.75) is 23.9 Å². The molecule has 0 spiro atoms. The molecular formula is C17H15N5OS2. The summed E-state index contributed by atoms with van der Waals surface area (Å²) in [4.78, 5) is 5.67. The highest BCUT2D eigenvalue weighted by molar-refractivity contribution is 7.98. The third-order valence-corrected chi connectivity index (χ3v) is 5.46. The summed E-state index contributed by atoms with van der Waals surface area (Å²) in [5.41, 5.74) is 1.02. The van der Waals surface area contributed by atoms with Gasteiger partial charge in [0.2, 0.25) is 11.0 Å². The Morgan fingerprint density at radius 2 is 2.04 bits per heavy atom. The standard InChI is InChI=1S/C17H15N5OS2/c1-2-5-13(6-3-1)15-11-18-16(23-15)12-25-17-19-20-21-22(17)9-8-14-7-4-10-24-14/h1-7,10-11H,8-9,12H2. The average Bonchev–Trinajstić information content (AvgIpc) is 3.40. The highest BCUT2D eigenvalue weighted by atomic mass is 32.2. The molecule has 0 unspecified atom stereocenters. The van der Waals surface area contributed by atoms with Gasteiger partial charge in [0.15, 0.2) is 5.76 Å². The van der Waals surface area contributed by atoms with Crippen LogP contribution in [0.25, 0.3) is 11.3 Å². The summed E-state index contributed by atoms with van der Waals surface area (Å²) in [5, 5.41) is 14.8. The van der Waals surface area contributed by atoms with Crippen LogP contribution in [-0.4, -0.2) is 25.2 Å². The molecule has 6 nitrogen and oxygen atoms in total. The molecule has 0 aliphatic rings. The molecule has 126 valence electrons. The Labute approximate surface area is 152 Å². The number of aromatic nitrogens is 5. The number of tetrazole rings is 1. The van der Waals surface area contributed by atoms with Crippen molar-refractivity contribution in [1.82, 2.24) is 25.2 Å². The van der Waals surface area contributed by atoms with Crippen LogP contribution in [0.5, 0.6) is 0 Å². The number of aryl methyl sites for hydroxylation is 2. The maximum Gasteiger partial charge on any atom is 0.209 e. The molecule has 0 bridgehead atoms. The number of thioether (sulfide) groups is 1. The molecule has 0 amide bonds. The summed E-state index contributed by atoms with van der Waals surface area (Å²) in [7, 11) is 0. The van der Waals surface area contributed by atoms with Crippen LogP contribution >= 0.6 is 23.1 Å². The van der Waals surface area contributed by atoms with Crippen molar-refractivity contribution in [3.05, 3.63) is 64.8 Å². The second-order valence-corrected chi connectivity index (χ2v) is 7.26. The molecule has 3 heterocycles. The second kappa shape index (κ2) is 7.62. The molecule has 0 fully saturated rings. The van der Waals surface area contributed by atoms with Gasteiger partial charge in [-0.15, -0.1) is 16.4 Å². The first kappa shape index (κ1) is 16.0. The third-order valence-electron chi connectivity index (χ3n) is 3.59. The first-order valence-corrected chi connectivity index (χ1v) is 9.66. The van der Waals surface area contributed by atoms with E-state index in [1.165, 1.54) is 16.6 Å². The zero-order valence-electron chi connectivity index (χ0n) is 13.3. The van der Waals surface area contributed by atoms with Gasteiger partial charge in [-0.1, -0.05) is 48.2 Å². The number of thiophene rings is 1. The van der Waals surface area contributed by atoms with Crippen molar-refractivity contribution in [2.24, 2.45) is 0 Å². The summed E-state index contributed by atoms with van der Waals surface area (Å²) >= 11 is 3.27. The summed E-state index contributed by atoms with van der Waals surface area (Å²) in [6.07, 6.45) is 2.68. The molecule has 0 N–H and O–H groups in total. The summed E-state index contributed by atoms with van der Waals surface area (Å²) < 4.78 is 7.64. The number of rotatable bonds is 7. The number of oxazole rings is 1. The molecule has 0 saturated carbocycles. The van der Waals surface area contributed by atoms with Gasteiger partial charge in [-0.05, 0) is 21.9 Å². The molecule has 4 rings (SSSR count).